The number of aliphatic hydroxyl groups is 1. The summed E-state index contributed by atoms with van der Waals surface area (Å²) in [6, 6.07) is 4.86. The van der Waals surface area contributed by atoms with Crippen LogP contribution < -0.4 is 0 Å². The number of hydrogen-bond donors (Lipinski definition) is 1. The SMILES string of the molecule is C=CCN(CC=C)S(=O)(=O)c1ccc(CC)c(CO)c1. The summed E-state index contributed by atoms with van der Waals surface area (Å²) in [7, 11) is -3.60. The fourth-order valence-electron chi connectivity index (χ4n) is 1.96. The third kappa shape index (κ3) is 3.56. The minimum atomic E-state index is -3.60. The molecule has 0 bridgehead atoms. The van der Waals surface area contributed by atoms with Gasteiger partial charge in [0.1, 0.15) is 0 Å². The minimum Gasteiger partial charge on any atom is -0.392 e. The highest BCUT2D eigenvalue weighted by molar-refractivity contribution is 7.89. The maximum atomic E-state index is 12.5. The zero-order valence-electron chi connectivity index (χ0n) is 11.7. The number of benzene rings is 1. The molecule has 0 aromatic heterocycles. The van der Waals surface area contributed by atoms with Crippen LogP contribution in [0.1, 0.15) is 18.1 Å². The Morgan fingerprint density at radius 1 is 1.20 bits per heavy atom. The summed E-state index contributed by atoms with van der Waals surface area (Å²) in [6.45, 7) is 9.37. The van der Waals surface area contributed by atoms with E-state index in [-0.39, 0.29) is 24.6 Å². The molecule has 0 aliphatic heterocycles. The third-order valence-corrected chi connectivity index (χ3v) is 4.86. The van der Waals surface area contributed by atoms with E-state index in [0.717, 1.165) is 12.0 Å². The van der Waals surface area contributed by atoms with Crippen LogP contribution in [-0.4, -0.2) is 30.9 Å². The van der Waals surface area contributed by atoms with E-state index in [1.165, 1.54) is 22.5 Å². The fourth-order valence-corrected chi connectivity index (χ4v) is 3.40. The molecule has 0 saturated carbocycles. The first kappa shape index (κ1) is 16.6. The topological polar surface area (TPSA) is 57.6 Å². The average Bonchev–Trinajstić information content (AvgIpc) is 2.46. The van der Waals surface area contributed by atoms with Crippen molar-refractivity contribution in [2.45, 2.75) is 24.8 Å². The standard InChI is InChI=1S/C15H21NO3S/c1-4-9-16(10-5-2)20(18,19)15-8-7-13(6-3)14(11-15)12-17/h4-5,7-8,11,17H,1-2,6,9-10,12H2,3H3. The smallest absolute Gasteiger partial charge is 0.243 e. The molecule has 1 aromatic carbocycles. The molecular formula is C15H21NO3S. The maximum absolute atomic E-state index is 12.5. The molecule has 0 fully saturated rings. The lowest BCUT2D eigenvalue weighted by molar-refractivity contribution is 0.280. The van der Waals surface area contributed by atoms with Crippen LogP contribution in [0, 0.1) is 0 Å². The van der Waals surface area contributed by atoms with Crippen LogP contribution in [0.25, 0.3) is 0 Å². The van der Waals surface area contributed by atoms with Crippen molar-refractivity contribution >= 4 is 10.0 Å². The minimum absolute atomic E-state index is 0.171. The van der Waals surface area contributed by atoms with Gasteiger partial charge in [-0.1, -0.05) is 25.1 Å². The van der Waals surface area contributed by atoms with Gasteiger partial charge in [-0.05, 0) is 29.7 Å². The summed E-state index contributed by atoms with van der Waals surface area (Å²) in [5, 5.41) is 9.34. The second-order valence-electron chi connectivity index (χ2n) is 4.34. The molecule has 5 heteroatoms. The molecule has 0 saturated heterocycles. The molecule has 0 spiro atoms. The van der Waals surface area contributed by atoms with Gasteiger partial charge in [-0.3, -0.25) is 0 Å². The first-order valence-corrected chi connectivity index (χ1v) is 7.89. The molecule has 20 heavy (non-hydrogen) atoms. The molecular weight excluding hydrogens is 274 g/mol. The van der Waals surface area contributed by atoms with Gasteiger partial charge in [0.25, 0.3) is 0 Å². The Bertz CT molecular complexity index is 569. The van der Waals surface area contributed by atoms with E-state index in [0.29, 0.717) is 5.56 Å². The van der Waals surface area contributed by atoms with Gasteiger partial charge in [0.2, 0.25) is 10.0 Å². The molecule has 1 N–H and O–H groups in total. The molecule has 0 heterocycles. The van der Waals surface area contributed by atoms with E-state index in [2.05, 4.69) is 13.2 Å². The van der Waals surface area contributed by atoms with E-state index in [4.69, 9.17) is 0 Å². The van der Waals surface area contributed by atoms with Gasteiger partial charge < -0.3 is 5.11 Å². The normalized spacial score (nSPS) is 11.6. The first-order valence-electron chi connectivity index (χ1n) is 6.45. The second kappa shape index (κ2) is 7.38. The molecule has 0 unspecified atom stereocenters. The molecule has 0 aliphatic rings. The van der Waals surface area contributed by atoms with Crippen molar-refractivity contribution in [3.63, 3.8) is 0 Å². The van der Waals surface area contributed by atoms with Crippen LogP contribution in [0.4, 0.5) is 0 Å². The molecule has 110 valence electrons. The molecule has 1 rings (SSSR count). The van der Waals surface area contributed by atoms with E-state index < -0.39 is 10.0 Å². The predicted octanol–water partition coefficient (Wildman–Crippen LogP) is 2.10. The van der Waals surface area contributed by atoms with Crippen molar-refractivity contribution < 1.29 is 13.5 Å². The highest BCUT2D eigenvalue weighted by atomic mass is 32.2. The van der Waals surface area contributed by atoms with E-state index in [1.54, 1.807) is 12.1 Å². The highest BCUT2D eigenvalue weighted by Crippen LogP contribution is 2.20. The van der Waals surface area contributed by atoms with E-state index >= 15 is 0 Å². The Morgan fingerprint density at radius 3 is 2.25 bits per heavy atom. The maximum Gasteiger partial charge on any atom is 0.243 e. The lowest BCUT2D eigenvalue weighted by Gasteiger charge is -2.20. The highest BCUT2D eigenvalue weighted by Gasteiger charge is 2.23. The molecule has 0 radical (unpaired) electrons. The Morgan fingerprint density at radius 2 is 1.80 bits per heavy atom. The van der Waals surface area contributed by atoms with Crippen molar-refractivity contribution in [2.24, 2.45) is 0 Å². The van der Waals surface area contributed by atoms with Gasteiger partial charge in [0, 0.05) is 13.1 Å². The zero-order chi connectivity index (χ0) is 15.2. The summed E-state index contributed by atoms with van der Waals surface area (Å²) in [4.78, 5) is 0.183. The first-order chi connectivity index (χ1) is 9.51. The largest absolute Gasteiger partial charge is 0.392 e. The molecule has 0 aliphatic carbocycles. The van der Waals surface area contributed by atoms with Crippen molar-refractivity contribution in [2.75, 3.05) is 13.1 Å². The number of sulfonamides is 1. The van der Waals surface area contributed by atoms with Crippen LogP contribution in [0.5, 0.6) is 0 Å². The number of nitrogens with zero attached hydrogens (tertiary/aromatic N) is 1. The zero-order valence-corrected chi connectivity index (χ0v) is 12.6. The predicted molar refractivity (Wildman–Crippen MR) is 80.9 cm³/mol. The third-order valence-electron chi connectivity index (χ3n) is 3.03. The van der Waals surface area contributed by atoms with Crippen LogP contribution in [0.2, 0.25) is 0 Å². The van der Waals surface area contributed by atoms with Crippen LogP contribution in [-0.2, 0) is 23.1 Å². The Hall–Kier alpha value is -1.43. The van der Waals surface area contributed by atoms with Crippen molar-refractivity contribution in [3.8, 4) is 0 Å². The van der Waals surface area contributed by atoms with Crippen molar-refractivity contribution in [1.29, 1.82) is 0 Å². The summed E-state index contributed by atoms with van der Waals surface area (Å²) < 4.78 is 26.3. The Kier molecular flexibility index (Phi) is 6.13. The number of rotatable bonds is 8. The van der Waals surface area contributed by atoms with E-state index in [9.17, 15) is 13.5 Å². The summed E-state index contributed by atoms with van der Waals surface area (Å²) in [5.41, 5.74) is 1.59. The summed E-state index contributed by atoms with van der Waals surface area (Å²) in [6.07, 6.45) is 3.82. The number of hydrogen-bond acceptors (Lipinski definition) is 3. The van der Waals surface area contributed by atoms with Gasteiger partial charge in [-0.25, -0.2) is 8.42 Å². The van der Waals surface area contributed by atoms with Gasteiger partial charge in [0.15, 0.2) is 0 Å². The summed E-state index contributed by atoms with van der Waals surface area (Å²) in [5.74, 6) is 0. The second-order valence-corrected chi connectivity index (χ2v) is 6.28. The lowest BCUT2D eigenvalue weighted by Crippen LogP contribution is -2.31. The summed E-state index contributed by atoms with van der Waals surface area (Å²) >= 11 is 0. The van der Waals surface area contributed by atoms with Gasteiger partial charge in [0.05, 0.1) is 11.5 Å². The van der Waals surface area contributed by atoms with Gasteiger partial charge in [-0.15, -0.1) is 13.2 Å². The van der Waals surface area contributed by atoms with Crippen LogP contribution in [0.15, 0.2) is 48.4 Å². The molecule has 0 atom stereocenters. The number of aryl methyl sites for hydroxylation is 1. The fraction of sp³-hybridized carbons (Fsp3) is 0.333. The quantitative estimate of drug-likeness (QED) is 0.747. The monoisotopic (exact) mass is 295 g/mol. The van der Waals surface area contributed by atoms with Crippen molar-refractivity contribution in [3.05, 3.63) is 54.6 Å². The van der Waals surface area contributed by atoms with E-state index in [1.807, 2.05) is 6.92 Å². The molecule has 0 amide bonds. The Labute approximate surface area is 121 Å². The number of aliphatic hydroxyl groups excluding tert-OH is 1. The van der Waals surface area contributed by atoms with Gasteiger partial charge in [-0.2, -0.15) is 4.31 Å². The Balaban J connectivity index is 3.26. The molecule has 1 aromatic rings. The lowest BCUT2D eigenvalue weighted by atomic mass is 10.1. The van der Waals surface area contributed by atoms with Crippen LogP contribution >= 0.6 is 0 Å². The van der Waals surface area contributed by atoms with Crippen molar-refractivity contribution in [1.82, 2.24) is 4.31 Å². The van der Waals surface area contributed by atoms with Gasteiger partial charge >= 0.3 is 0 Å². The molecule has 4 nitrogen and oxygen atoms in total. The average molecular weight is 295 g/mol. The van der Waals surface area contributed by atoms with Crippen LogP contribution in [0.3, 0.4) is 0 Å².